The maximum atomic E-state index is 10.6. The number of benzene rings is 1. The first kappa shape index (κ1) is 10.5. The van der Waals surface area contributed by atoms with Crippen LogP contribution in [-0.2, 0) is 0 Å². The first-order chi connectivity index (χ1) is 6.65. The van der Waals surface area contributed by atoms with Crippen molar-refractivity contribution in [1.82, 2.24) is 0 Å². The number of nitro groups is 1. The van der Waals surface area contributed by atoms with Crippen LogP contribution >= 0.6 is 11.8 Å². The maximum absolute atomic E-state index is 10.6. The number of para-hydroxylation sites is 1. The van der Waals surface area contributed by atoms with Gasteiger partial charge in [-0.3, -0.25) is 10.1 Å². The zero-order valence-corrected chi connectivity index (χ0v) is 8.32. The van der Waals surface area contributed by atoms with Gasteiger partial charge >= 0.3 is 0 Å². The molecule has 0 fully saturated rings. The molecule has 0 aliphatic rings. The SMILES string of the molecule is CC(C#N)Sc1ccccc1[N+](=O)[O-]. The van der Waals surface area contributed by atoms with Crippen LogP contribution in [0, 0.1) is 21.4 Å². The lowest BCUT2D eigenvalue weighted by Crippen LogP contribution is -1.94. The summed E-state index contributed by atoms with van der Waals surface area (Å²) in [5.41, 5.74) is 0.0552. The van der Waals surface area contributed by atoms with E-state index in [1.54, 1.807) is 25.1 Å². The minimum Gasteiger partial charge on any atom is -0.258 e. The molecule has 1 aromatic rings. The van der Waals surface area contributed by atoms with Crippen LogP contribution in [0.4, 0.5) is 5.69 Å². The van der Waals surface area contributed by atoms with E-state index in [1.807, 2.05) is 6.07 Å². The Bertz CT molecular complexity index is 387. The van der Waals surface area contributed by atoms with Crippen LogP contribution in [0.2, 0.25) is 0 Å². The van der Waals surface area contributed by atoms with Gasteiger partial charge in [0.25, 0.3) is 5.69 Å². The van der Waals surface area contributed by atoms with E-state index in [4.69, 9.17) is 5.26 Å². The number of thioether (sulfide) groups is 1. The second-order valence-electron chi connectivity index (χ2n) is 2.61. The molecule has 1 rings (SSSR count). The molecule has 14 heavy (non-hydrogen) atoms. The largest absolute Gasteiger partial charge is 0.282 e. The third-order valence-corrected chi connectivity index (χ3v) is 2.61. The smallest absolute Gasteiger partial charge is 0.258 e. The lowest BCUT2D eigenvalue weighted by molar-refractivity contribution is -0.387. The normalized spacial score (nSPS) is 11.7. The summed E-state index contributed by atoms with van der Waals surface area (Å²) in [6.07, 6.45) is 0. The Morgan fingerprint density at radius 2 is 2.21 bits per heavy atom. The monoisotopic (exact) mass is 208 g/mol. The van der Waals surface area contributed by atoms with Crippen molar-refractivity contribution in [3.8, 4) is 6.07 Å². The van der Waals surface area contributed by atoms with Crippen LogP contribution < -0.4 is 0 Å². The second kappa shape index (κ2) is 4.63. The highest BCUT2D eigenvalue weighted by atomic mass is 32.2. The zero-order chi connectivity index (χ0) is 10.6. The molecule has 0 spiro atoms. The number of rotatable bonds is 3. The predicted octanol–water partition coefficient (Wildman–Crippen LogP) is 2.60. The fourth-order valence-electron chi connectivity index (χ4n) is 0.924. The molecular formula is C9H8N2O2S. The first-order valence-electron chi connectivity index (χ1n) is 3.95. The van der Waals surface area contributed by atoms with Gasteiger partial charge in [0, 0.05) is 6.07 Å². The number of nitrogens with zero attached hydrogens (tertiary/aromatic N) is 2. The summed E-state index contributed by atoms with van der Waals surface area (Å²) < 4.78 is 0. The Morgan fingerprint density at radius 1 is 1.57 bits per heavy atom. The van der Waals surface area contributed by atoms with Gasteiger partial charge in [-0.2, -0.15) is 5.26 Å². The van der Waals surface area contributed by atoms with Crippen molar-refractivity contribution in [3.63, 3.8) is 0 Å². The van der Waals surface area contributed by atoms with E-state index in [0.717, 1.165) is 0 Å². The van der Waals surface area contributed by atoms with Gasteiger partial charge < -0.3 is 0 Å². The van der Waals surface area contributed by atoms with Gasteiger partial charge in [0.1, 0.15) is 0 Å². The molecule has 0 heterocycles. The molecule has 1 unspecified atom stereocenters. The van der Waals surface area contributed by atoms with E-state index < -0.39 is 4.92 Å². The van der Waals surface area contributed by atoms with E-state index in [9.17, 15) is 10.1 Å². The summed E-state index contributed by atoms with van der Waals surface area (Å²) in [6.45, 7) is 1.71. The van der Waals surface area contributed by atoms with Crippen LogP contribution in [0.5, 0.6) is 0 Å². The average Bonchev–Trinajstić information content (AvgIpc) is 2.18. The molecule has 0 bridgehead atoms. The highest BCUT2D eigenvalue weighted by molar-refractivity contribution is 8.00. The van der Waals surface area contributed by atoms with Crippen LogP contribution in [0.3, 0.4) is 0 Å². The fraction of sp³-hybridized carbons (Fsp3) is 0.222. The minimum absolute atomic E-state index is 0.0552. The van der Waals surface area contributed by atoms with Gasteiger partial charge in [-0.1, -0.05) is 12.1 Å². The molecule has 4 nitrogen and oxygen atoms in total. The lowest BCUT2D eigenvalue weighted by Gasteiger charge is -2.02. The quantitative estimate of drug-likeness (QED) is 0.435. The highest BCUT2D eigenvalue weighted by Crippen LogP contribution is 2.31. The molecule has 0 saturated carbocycles. The van der Waals surface area contributed by atoms with Crippen molar-refractivity contribution in [2.45, 2.75) is 17.1 Å². The summed E-state index contributed by atoms with van der Waals surface area (Å²) >= 11 is 1.20. The number of nitro benzene ring substituents is 1. The lowest BCUT2D eigenvalue weighted by atomic mass is 10.3. The summed E-state index contributed by atoms with van der Waals surface area (Å²) in [6, 6.07) is 8.44. The van der Waals surface area contributed by atoms with Crippen molar-refractivity contribution in [3.05, 3.63) is 34.4 Å². The van der Waals surface area contributed by atoms with E-state index >= 15 is 0 Å². The van der Waals surface area contributed by atoms with Crippen LogP contribution in [-0.4, -0.2) is 10.2 Å². The molecule has 1 aromatic carbocycles. The van der Waals surface area contributed by atoms with Gasteiger partial charge in [0.15, 0.2) is 0 Å². The van der Waals surface area contributed by atoms with Crippen molar-refractivity contribution < 1.29 is 4.92 Å². The van der Waals surface area contributed by atoms with Crippen molar-refractivity contribution in [2.24, 2.45) is 0 Å². The molecule has 0 aromatic heterocycles. The molecular weight excluding hydrogens is 200 g/mol. The molecule has 0 aliphatic carbocycles. The van der Waals surface area contributed by atoms with Crippen LogP contribution in [0.15, 0.2) is 29.2 Å². The van der Waals surface area contributed by atoms with E-state index in [2.05, 4.69) is 0 Å². The number of hydrogen-bond donors (Lipinski definition) is 0. The summed E-state index contributed by atoms with van der Waals surface area (Å²) in [7, 11) is 0. The second-order valence-corrected chi connectivity index (χ2v) is 4.00. The molecule has 72 valence electrons. The third-order valence-electron chi connectivity index (χ3n) is 1.55. The fourth-order valence-corrected chi connectivity index (χ4v) is 1.78. The molecule has 0 radical (unpaired) electrons. The van der Waals surface area contributed by atoms with E-state index in [-0.39, 0.29) is 10.9 Å². The van der Waals surface area contributed by atoms with Crippen molar-refractivity contribution in [1.29, 1.82) is 5.26 Å². The number of hydrogen-bond acceptors (Lipinski definition) is 4. The molecule has 5 heteroatoms. The van der Waals surface area contributed by atoms with Gasteiger partial charge in [-0.25, -0.2) is 0 Å². The minimum atomic E-state index is -0.438. The maximum Gasteiger partial charge on any atom is 0.282 e. The third kappa shape index (κ3) is 2.47. The molecule has 0 amide bonds. The Hall–Kier alpha value is -1.54. The predicted molar refractivity (Wildman–Crippen MR) is 54.0 cm³/mol. The Morgan fingerprint density at radius 3 is 2.79 bits per heavy atom. The van der Waals surface area contributed by atoms with Crippen LogP contribution in [0.25, 0.3) is 0 Å². The van der Waals surface area contributed by atoms with E-state index in [1.165, 1.54) is 17.8 Å². The first-order valence-corrected chi connectivity index (χ1v) is 4.83. The van der Waals surface area contributed by atoms with Crippen molar-refractivity contribution in [2.75, 3.05) is 0 Å². The number of nitriles is 1. The van der Waals surface area contributed by atoms with Gasteiger partial charge in [-0.05, 0) is 13.0 Å². The topological polar surface area (TPSA) is 66.9 Å². The van der Waals surface area contributed by atoms with Gasteiger partial charge in [0.05, 0.1) is 21.1 Å². The molecule has 0 N–H and O–H groups in total. The van der Waals surface area contributed by atoms with Gasteiger partial charge in [0.2, 0.25) is 0 Å². The standard InChI is InChI=1S/C9H8N2O2S/c1-7(6-10)14-9-5-3-2-4-8(9)11(12)13/h2-5,7H,1H3. The summed E-state index contributed by atoms with van der Waals surface area (Å²) in [4.78, 5) is 10.7. The summed E-state index contributed by atoms with van der Waals surface area (Å²) in [5, 5.41) is 18.9. The summed E-state index contributed by atoms with van der Waals surface area (Å²) in [5.74, 6) is 0. The zero-order valence-electron chi connectivity index (χ0n) is 7.51. The Labute approximate surface area is 85.7 Å². The highest BCUT2D eigenvalue weighted by Gasteiger charge is 2.14. The Kier molecular flexibility index (Phi) is 3.48. The average molecular weight is 208 g/mol. The van der Waals surface area contributed by atoms with Gasteiger partial charge in [-0.15, -0.1) is 11.8 Å². The Balaban J connectivity index is 2.97. The van der Waals surface area contributed by atoms with E-state index in [0.29, 0.717) is 4.90 Å². The molecule has 1 atom stereocenters. The van der Waals surface area contributed by atoms with Crippen LogP contribution in [0.1, 0.15) is 6.92 Å². The molecule has 0 saturated heterocycles. The van der Waals surface area contributed by atoms with Crippen molar-refractivity contribution >= 4 is 17.4 Å². The molecule has 0 aliphatic heterocycles.